The van der Waals surface area contributed by atoms with E-state index in [9.17, 15) is 4.79 Å². The van der Waals surface area contributed by atoms with Crippen LogP contribution in [0.15, 0.2) is 24.3 Å². The van der Waals surface area contributed by atoms with Gasteiger partial charge in [-0.25, -0.2) is 9.67 Å². The zero-order valence-electron chi connectivity index (χ0n) is 10.7. The zero-order valence-corrected chi connectivity index (χ0v) is 10.7. The number of hydrogen-bond donors (Lipinski definition) is 1. The Balaban J connectivity index is 1.91. The number of fused-ring (bicyclic) bond motifs is 1. The highest BCUT2D eigenvalue weighted by atomic mass is 16.4. The number of carbonyl (C=O) groups is 1. The Morgan fingerprint density at radius 1 is 1.37 bits per heavy atom. The number of carboxylic acid groups (broad SMARTS) is 1. The predicted molar refractivity (Wildman–Crippen MR) is 69.6 cm³/mol. The molecule has 98 valence electrons. The fourth-order valence-electron chi connectivity index (χ4n) is 2.34. The van der Waals surface area contributed by atoms with Crippen molar-refractivity contribution in [1.82, 2.24) is 14.8 Å². The first-order chi connectivity index (χ1) is 9.13. The van der Waals surface area contributed by atoms with E-state index in [0.29, 0.717) is 25.2 Å². The number of aromatic nitrogens is 3. The highest BCUT2D eigenvalue weighted by Gasteiger charge is 2.26. The molecule has 5 nitrogen and oxygen atoms in total. The molecule has 0 amide bonds. The molecule has 1 unspecified atom stereocenters. The third-order valence-corrected chi connectivity index (χ3v) is 3.52. The van der Waals surface area contributed by atoms with Gasteiger partial charge in [0.05, 0.1) is 12.5 Å². The van der Waals surface area contributed by atoms with E-state index in [1.54, 1.807) is 4.68 Å². The lowest BCUT2D eigenvalue weighted by Crippen LogP contribution is -2.27. The van der Waals surface area contributed by atoms with Gasteiger partial charge in [-0.15, -0.1) is 0 Å². The average molecular weight is 257 g/mol. The quantitative estimate of drug-likeness (QED) is 0.892. The maximum Gasteiger partial charge on any atom is 0.308 e. The number of aliphatic carboxylic acids is 1. The smallest absolute Gasteiger partial charge is 0.308 e. The maximum atomic E-state index is 11.0. The molecular weight excluding hydrogens is 242 g/mol. The third kappa shape index (κ3) is 2.23. The van der Waals surface area contributed by atoms with E-state index in [0.717, 1.165) is 11.4 Å². The van der Waals surface area contributed by atoms with Crippen molar-refractivity contribution in [1.29, 1.82) is 0 Å². The molecule has 2 aromatic rings. The number of benzene rings is 1. The van der Waals surface area contributed by atoms with Gasteiger partial charge in [0.2, 0.25) is 0 Å². The molecule has 19 heavy (non-hydrogen) atoms. The first-order valence-corrected chi connectivity index (χ1v) is 6.37. The predicted octanol–water partition coefficient (Wildman–Crippen LogP) is 1.90. The molecule has 1 N–H and O–H groups in total. The minimum Gasteiger partial charge on any atom is -0.481 e. The number of rotatable bonds is 2. The Morgan fingerprint density at radius 2 is 2.11 bits per heavy atom. The minimum absolute atomic E-state index is 0.347. The molecule has 0 spiro atoms. The van der Waals surface area contributed by atoms with Gasteiger partial charge in [0.1, 0.15) is 5.82 Å². The van der Waals surface area contributed by atoms with Crippen molar-refractivity contribution in [3.8, 4) is 11.4 Å². The van der Waals surface area contributed by atoms with Gasteiger partial charge in [-0.05, 0) is 13.3 Å². The van der Waals surface area contributed by atoms with Crippen molar-refractivity contribution in [3.63, 3.8) is 0 Å². The fraction of sp³-hybridized carbons (Fsp3) is 0.357. The van der Waals surface area contributed by atoms with E-state index < -0.39 is 5.97 Å². The molecule has 1 atom stereocenters. The zero-order chi connectivity index (χ0) is 13.4. The lowest BCUT2D eigenvalue weighted by atomic mass is 10.0. The van der Waals surface area contributed by atoms with Crippen LogP contribution in [0, 0.1) is 12.8 Å². The molecule has 1 aliphatic rings. The summed E-state index contributed by atoms with van der Waals surface area (Å²) in [5.74, 6) is 0.465. The molecule has 0 fully saturated rings. The fourth-order valence-corrected chi connectivity index (χ4v) is 2.34. The van der Waals surface area contributed by atoms with Gasteiger partial charge in [-0.3, -0.25) is 4.79 Å². The molecule has 0 aliphatic carbocycles. The van der Waals surface area contributed by atoms with Crippen LogP contribution < -0.4 is 0 Å². The van der Waals surface area contributed by atoms with Crippen molar-refractivity contribution in [2.45, 2.75) is 26.3 Å². The van der Waals surface area contributed by atoms with Crippen molar-refractivity contribution >= 4 is 5.97 Å². The first-order valence-electron chi connectivity index (χ1n) is 6.37. The van der Waals surface area contributed by atoms with Gasteiger partial charge < -0.3 is 5.11 Å². The molecule has 1 aromatic heterocycles. The molecule has 3 rings (SSSR count). The van der Waals surface area contributed by atoms with Gasteiger partial charge in [0, 0.05) is 12.0 Å². The van der Waals surface area contributed by atoms with E-state index in [4.69, 9.17) is 5.11 Å². The molecule has 5 heteroatoms. The largest absolute Gasteiger partial charge is 0.481 e. The number of hydrogen-bond acceptors (Lipinski definition) is 3. The topological polar surface area (TPSA) is 68.0 Å². The molecule has 0 radical (unpaired) electrons. The second kappa shape index (κ2) is 4.50. The summed E-state index contributed by atoms with van der Waals surface area (Å²) < 4.78 is 1.73. The summed E-state index contributed by atoms with van der Waals surface area (Å²) in [5.41, 5.74) is 2.16. The van der Waals surface area contributed by atoms with Crippen LogP contribution in [0.25, 0.3) is 11.4 Å². The summed E-state index contributed by atoms with van der Waals surface area (Å²) in [6.07, 6.45) is 1.32. The van der Waals surface area contributed by atoms with E-state index in [-0.39, 0.29) is 5.92 Å². The van der Waals surface area contributed by atoms with Gasteiger partial charge in [0.15, 0.2) is 5.82 Å². The summed E-state index contributed by atoms with van der Waals surface area (Å²) >= 11 is 0. The molecular formula is C14H15N3O2. The number of aryl methyl sites for hydroxylation is 2. The molecule has 1 aliphatic heterocycles. The van der Waals surface area contributed by atoms with Crippen LogP contribution in [-0.4, -0.2) is 25.8 Å². The second-order valence-corrected chi connectivity index (χ2v) is 4.97. The Hall–Kier alpha value is -2.17. The second-order valence-electron chi connectivity index (χ2n) is 4.97. The molecule has 0 bridgehead atoms. The maximum absolute atomic E-state index is 11.0. The van der Waals surface area contributed by atoms with Gasteiger partial charge >= 0.3 is 5.97 Å². The number of nitrogens with zero attached hydrogens (tertiary/aromatic N) is 3. The van der Waals surface area contributed by atoms with Crippen LogP contribution in [0.1, 0.15) is 17.8 Å². The summed E-state index contributed by atoms with van der Waals surface area (Å²) in [5, 5.41) is 13.5. The Bertz CT molecular complexity index is 616. The lowest BCUT2D eigenvalue weighted by molar-refractivity contribution is -0.142. The van der Waals surface area contributed by atoms with Gasteiger partial charge in [-0.2, -0.15) is 5.10 Å². The van der Waals surface area contributed by atoms with Crippen LogP contribution in [0.4, 0.5) is 0 Å². The number of carboxylic acids is 1. The Morgan fingerprint density at radius 3 is 2.79 bits per heavy atom. The lowest BCUT2D eigenvalue weighted by Gasteiger charge is -2.18. The van der Waals surface area contributed by atoms with Crippen molar-refractivity contribution in [2.75, 3.05) is 0 Å². The van der Waals surface area contributed by atoms with Crippen LogP contribution >= 0.6 is 0 Å². The third-order valence-electron chi connectivity index (χ3n) is 3.52. The average Bonchev–Trinajstić information content (AvgIpc) is 2.82. The summed E-state index contributed by atoms with van der Waals surface area (Å²) in [4.78, 5) is 15.5. The Kier molecular flexibility index (Phi) is 2.81. The highest BCUT2D eigenvalue weighted by Crippen LogP contribution is 2.22. The first kappa shape index (κ1) is 11.9. The van der Waals surface area contributed by atoms with E-state index in [2.05, 4.69) is 10.1 Å². The molecule has 2 heterocycles. The highest BCUT2D eigenvalue weighted by molar-refractivity contribution is 5.70. The van der Waals surface area contributed by atoms with Crippen LogP contribution in [0.3, 0.4) is 0 Å². The van der Waals surface area contributed by atoms with Crippen molar-refractivity contribution in [2.24, 2.45) is 5.92 Å². The van der Waals surface area contributed by atoms with Crippen LogP contribution in [-0.2, 0) is 17.8 Å². The molecule has 1 aromatic carbocycles. The monoisotopic (exact) mass is 257 g/mol. The van der Waals surface area contributed by atoms with Crippen LogP contribution in [0.5, 0.6) is 0 Å². The summed E-state index contributed by atoms with van der Waals surface area (Å²) in [6.45, 7) is 2.45. The minimum atomic E-state index is -0.752. The SMILES string of the molecule is Cc1ccc(-c2nc3n(n2)CC(C(=O)O)CC3)cc1. The normalized spacial score (nSPS) is 18.1. The van der Waals surface area contributed by atoms with Crippen LogP contribution in [0.2, 0.25) is 0 Å². The molecule has 0 saturated carbocycles. The standard InChI is InChI=1S/C14H15N3O2/c1-9-2-4-10(5-3-9)13-15-12-7-6-11(14(18)19)8-17(12)16-13/h2-5,11H,6-8H2,1H3,(H,18,19). The van der Waals surface area contributed by atoms with E-state index in [1.807, 2.05) is 31.2 Å². The Labute approximate surface area is 110 Å². The summed E-state index contributed by atoms with van der Waals surface area (Å²) in [7, 11) is 0. The van der Waals surface area contributed by atoms with E-state index in [1.165, 1.54) is 5.56 Å². The van der Waals surface area contributed by atoms with Gasteiger partial charge in [0.25, 0.3) is 0 Å². The van der Waals surface area contributed by atoms with E-state index >= 15 is 0 Å². The van der Waals surface area contributed by atoms with Crippen molar-refractivity contribution in [3.05, 3.63) is 35.7 Å². The van der Waals surface area contributed by atoms with Gasteiger partial charge in [-0.1, -0.05) is 29.8 Å². The summed E-state index contributed by atoms with van der Waals surface area (Å²) in [6, 6.07) is 8.03. The van der Waals surface area contributed by atoms with Crippen molar-refractivity contribution < 1.29 is 9.90 Å². The molecule has 0 saturated heterocycles.